The zero-order chi connectivity index (χ0) is 8.81. The average Bonchev–Trinajstić information content (AvgIpc) is 2.09. The summed E-state index contributed by atoms with van der Waals surface area (Å²) in [4.78, 5) is 0. The molecule has 2 N–H and O–H groups in total. The van der Waals surface area contributed by atoms with Gasteiger partial charge in [0.2, 0.25) is 0 Å². The summed E-state index contributed by atoms with van der Waals surface area (Å²) in [6.07, 6.45) is 2.17. The summed E-state index contributed by atoms with van der Waals surface area (Å²) in [6, 6.07) is 8.56. The smallest absolute Gasteiger partial charge is 0.00359 e. The van der Waals surface area contributed by atoms with Gasteiger partial charge in [0.05, 0.1) is 0 Å². The number of rotatable bonds is 4. The quantitative estimate of drug-likeness (QED) is 0.661. The van der Waals surface area contributed by atoms with E-state index in [4.69, 9.17) is 5.73 Å². The van der Waals surface area contributed by atoms with Crippen molar-refractivity contribution in [1.29, 1.82) is 0 Å². The number of hydrogen-bond donors (Lipinski definition) is 1. The first-order chi connectivity index (χ1) is 5.88. The van der Waals surface area contributed by atoms with Crippen LogP contribution in [0.1, 0.15) is 11.1 Å². The molecule has 66 valence electrons. The second-order valence-corrected chi connectivity index (χ2v) is 3.83. The molecule has 0 radical (unpaired) electrons. The van der Waals surface area contributed by atoms with E-state index in [0.717, 1.165) is 19.4 Å². The lowest BCUT2D eigenvalue weighted by molar-refractivity contribution is 0.943. The third-order valence-electron chi connectivity index (χ3n) is 1.90. The number of aryl methyl sites for hydroxylation is 1. The lowest BCUT2D eigenvalue weighted by atomic mass is 10.0. The monoisotopic (exact) mass is 275 g/mol. The van der Waals surface area contributed by atoms with Gasteiger partial charge >= 0.3 is 0 Å². The zero-order valence-electron chi connectivity index (χ0n) is 7.09. The molecule has 0 aliphatic carbocycles. The molecule has 0 aliphatic heterocycles. The highest BCUT2D eigenvalue weighted by atomic mass is 127. The molecule has 0 saturated heterocycles. The average molecular weight is 275 g/mol. The molecule has 0 amide bonds. The number of alkyl halides is 1. The van der Waals surface area contributed by atoms with Crippen molar-refractivity contribution in [2.24, 2.45) is 5.73 Å². The van der Waals surface area contributed by atoms with Crippen LogP contribution in [0.3, 0.4) is 0 Å². The molecule has 0 saturated carbocycles. The van der Waals surface area contributed by atoms with E-state index in [2.05, 4.69) is 46.9 Å². The van der Waals surface area contributed by atoms with E-state index in [-0.39, 0.29) is 0 Å². The van der Waals surface area contributed by atoms with Gasteiger partial charge in [-0.1, -0.05) is 46.9 Å². The normalized spacial score (nSPS) is 10.2. The van der Waals surface area contributed by atoms with Crippen LogP contribution in [0.2, 0.25) is 0 Å². The molecule has 0 atom stereocenters. The largest absolute Gasteiger partial charge is 0.330 e. The molecule has 12 heavy (non-hydrogen) atoms. The SMILES string of the molecule is NCCc1ccccc1CCI. The standard InChI is InChI=1S/C10H14IN/c11-7-5-9-3-1-2-4-10(9)6-8-12/h1-4H,5-8,12H2. The fourth-order valence-electron chi connectivity index (χ4n) is 1.30. The first-order valence-corrected chi connectivity index (χ1v) is 5.74. The Morgan fingerprint density at radius 2 is 1.67 bits per heavy atom. The minimum absolute atomic E-state index is 0.748. The van der Waals surface area contributed by atoms with Gasteiger partial charge in [-0.2, -0.15) is 0 Å². The highest BCUT2D eigenvalue weighted by molar-refractivity contribution is 14.1. The highest BCUT2D eigenvalue weighted by Crippen LogP contribution is 2.10. The van der Waals surface area contributed by atoms with E-state index >= 15 is 0 Å². The van der Waals surface area contributed by atoms with Crippen molar-refractivity contribution in [3.63, 3.8) is 0 Å². The molecule has 0 unspecified atom stereocenters. The highest BCUT2D eigenvalue weighted by Gasteiger charge is 1.98. The third kappa shape index (κ3) is 2.75. The topological polar surface area (TPSA) is 26.0 Å². The summed E-state index contributed by atoms with van der Waals surface area (Å²) in [7, 11) is 0. The summed E-state index contributed by atoms with van der Waals surface area (Å²) in [5.41, 5.74) is 8.39. The Bertz CT molecular complexity index is 210. The van der Waals surface area contributed by atoms with E-state index in [1.807, 2.05) is 0 Å². The van der Waals surface area contributed by atoms with Gasteiger partial charge in [0.1, 0.15) is 0 Å². The van der Waals surface area contributed by atoms with Gasteiger partial charge < -0.3 is 5.73 Å². The predicted molar refractivity (Wildman–Crippen MR) is 61.8 cm³/mol. The molecular weight excluding hydrogens is 261 g/mol. The van der Waals surface area contributed by atoms with Crippen molar-refractivity contribution >= 4 is 22.6 Å². The number of nitrogens with two attached hydrogens (primary N) is 1. The van der Waals surface area contributed by atoms with Crippen LogP contribution in [-0.4, -0.2) is 11.0 Å². The summed E-state index contributed by atoms with van der Waals surface area (Å²) in [5.74, 6) is 0. The summed E-state index contributed by atoms with van der Waals surface area (Å²) in [5, 5.41) is 0. The Hall–Kier alpha value is -0.0900. The van der Waals surface area contributed by atoms with Gasteiger partial charge in [0, 0.05) is 4.43 Å². The van der Waals surface area contributed by atoms with Crippen molar-refractivity contribution in [3.8, 4) is 0 Å². The van der Waals surface area contributed by atoms with Crippen molar-refractivity contribution < 1.29 is 0 Å². The van der Waals surface area contributed by atoms with E-state index in [0.29, 0.717) is 0 Å². The zero-order valence-corrected chi connectivity index (χ0v) is 9.25. The van der Waals surface area contributed by atoms with E-state index in [1.54, 1.807) is 0 Å². The molecule has 0 spiro atoms. The van der Waals surface area contributed by atoms with Gasteiger partial charge in [0.15, 0.2) is 0 Å². The molecule has 1 nitrogen and oxygen atoms in total. The van der Waals surface area contributed by atoms with Crippen LogP contribution in [0.4, 0.5) is 0 Å². The van der Waals surface area contributed by atoms with Crippen LogP contribution in [0.5, 0.6) is 0 Å². The molecule has 1 rings (SSSR count). The number of benzene rings is 1. The molecular formula is C10H14IN. The van der Waals surface area contributed by atoms with Gasteiger partial charge in [-0.15, -0.1) is 0 Å². The Morgan fingerprint density at radius 1 is 1.08 bits per heavy atom. The summed E-state index contributed by atoms with van der Waals surface area (Å²) >= 11 is 2.40. The van der Waals surface area contributed by atoms with Gasteiger partial charge in [-0.25, -0.2) is 0 Å². The Morgan fingerprint density at radius 3 is 2.17 bits per heavy atom. The van der Waals surface area contributed by atoms with Gasteiger partial charge in [-0.05, 0) is 30.5 Å². The Labute approximate surface area is 87.5 Å². The van der Waals surface area contributed by atoms with Crippen molar-refractivity contribution in [1.82, 2.24) is 0 Å². The van der Waals surface area contributed by atoms with E-state index in [1.165, 1.54) is 15.6 Å². The molecule has 2 heteroatoms. The van der Waals surface area contributed by atoms with Crippen molar-refractivity contribution in [2.75, 3.05) is 11.0 Å². The van der Waals surface area contributed by atoms with Crippen molar-refractivity contribution in [3.05, 3.63) is 35.4 Å². The maximum absolute atomic E-state index is 5.52. The van der Waals surface area contributed by atoms with E-state index < -0.39 is 0 Å². The molecule has 0 heterocycles. The molecule has 0 aromatic heterocycles. The van der Waals surface area contributed by atoms with E-state index in [9.17, 15) is 0 Å². The molecule has 1 aromatic carbocycles. The molecule has 0 bridgehead atoms. The Balaban J connectivity index is 2.77. The summed E-state index contributed by atoms with van der Waals surface area (Å²) in [6.45, 7) is 0.748. The lowest BCUT2D eigenvalue weighted by Gasteiger charge is -2.05. The fraction of sp³-hybridized carbons (Fsp3) is 0.400. The summed E-state index contributed by atoms with van der Waals surface area (Å²) < 4.78 is 1.18. The second-order valence-electron chi connectivity index (χ2n) is 2.75. The molecule has 0 fully saturated rings. The third-order valence-corrected chi connectivity index (χ3v) is 2.44. The molecule has 1 aromatic rings. The minimum Gasteiger partial charge on any atom is -0.330 e. The maximum atomic E-state index is 5.52. The number of hydrogen-bond acceptors (Lipinski definition) is 1. The first-order valence-electron chi connectivity index (χ1n) is 4.21. The van der Waals surface area contributed by atoms with Crippen LogP contribution in [0, 0.1) is 0 Å². The van der Waals surface area contributed by atoms with Crippen LogP contribution >= 0.6 is 22.6 Å². The maximum Gasteiger partial charge on any atom is 0.00359 e. The second kappa shape index (κ2) is 5.54. The number of halogens is 1. The van der Waals surface area contributed by atoms with Crippen LogP contribution in [0.25, 0.3) is 0 Å². The van der Waals surface area contributed by atoms with Crippen LogP contribution in [-0.2, 0) is 12.8 Å². The Kier molecular flexibility index (Phi) is 4.61. The van der Waals surface area contributed by atoms with Gasteiger partial charge in [0.25, 0.3) is 0 Å². The predicted octanol–water partition coefficient (Wildman–Crippen LogP) is 2.17. The molecule has 0 aliphatic rings. The van der Waals surface area contributed by atoms with Crippen LogP contribution < -0.4 is 5.73 Å². The van der Waals surface area contributed by atoms with Gasteiger partial charge in [-0.3, -0.25) is 0 Å². The first kappa shape index (κ1) is 9.99. The fourth-order valence-corrected chi connectivity index (χ4v) is 1.88. The minimum atomic E-state index is 0.748. The van der Waals surface area contributed by atoms with Crippen molar-refractivity contribution in [2.45, 2.75) is 12.8 Å². The lowest BCUT2D eigenvalue weighted by Crippen LogP contribution is -2.05. The van der Waals surface area contributed by atoms with Crippen LogP contribution in [0.15, 0.2) is 24.3 Å².